The highest BCUT2D eigenvalue weighted by Crippen LogP contribution is 2.16. The number of halogens is 2. The highest BCUT2D eigenvalue weighted by Gasteiger charge is 2.11. The molecule has 0 radical (unpaired) electrons. The molecule has 6 heteroatoms. The van der Waals surface area contributed by atoms with Crippen molar-refractivity contribution in [1.29, 1.82) is 0 Å². The third-order valence-electron chi connectivity index (χ3n) is 2.23. The van der Waals surface area contributed by atoms with Crippen molar-refractivity contribution in [3.8, 4) is 0 Å². The standard InChI is InChI=1S/C12H8F2O3S/c13-11-4-3-10(5-12(11)14)18(16)7-9-2-1-8(6-15)17-9/h1-6H,7H2. The first-order chi connectivity index (χ1) is 8.60. The van der Waals surface area contributed by atoms with E-state index in [0.29, 0.717) is 12.0 Å². The van der Waals surface area contributed by atoms with Crippen molar-refractivity contribution in [2.45, 2.75) is 10.6 Å². The lowest BCUT2D eigenvalue weighted by molar-refractivity contribution is 0.109. The van der Waals surface area contributed by atoms with E-state index >= 15 is 0 Å². The Kier molecular flexibility index (Phi) is 3.66. The number of hydrogen-bond acceptors (Lipinski definition) is 3. The summed E-state index contributed by atoms with van der Waals surface area (Å²) in [5, 5.41) is 0. The Morgan fingerprint density at radius 2 is 1.94 bits per heavy atom. The van der Waals surface area contributed by atoms with Crippen LogP contribution in [0.25, 0.3) is 0 Å². The molecule has 0 aliphatic carbocycles. The van der Waals surface area contributed by atoms with E-state index in [-0.39, 0.29) is 16.4 Å². The van der Waals surface area contributed by atoms with Gasteiger partial charge in [-0.2, -0.15) is 0 Å². The number of carbonyl (C=O) groups is 1. The molecule has 2 rings (SSSR count). The lowest BCUT2D eigenvalue weighted by Crippen LogP contribution is -1.97. The predicted molar refractivity (Wildman–Crippen MR) is 60.6 cm³/mol. The van der Waals surface area contributed by atoms with E-state index in [1.54, 1.807) is 0 Å². The molecule has 1 heterocycles. The Hall–Kier alpha value is -1.82. The van der Waals surface area contributed by atoms with Crippen LogP contribution in [0.2, 0.25) is 0 Å². The fourth-order valence-corrected chi connectivity index (χ4v) is 2.40. The van der Waals surface area contributed by atoms with E-state index in [0.717, 1.165) is 12.1 Å². The Morgan fingerprint density at radius 1 is 1.17 bits per heavy atom. The molecule has 0 N–H and O–H groups in total. The van der Waals surface area contributed by atoms with Gasteiger partial charge in [-0.3, -0.25) is 9.00 Å². The molecule has 1 atom stereocenters. The van der Waals surface area contributed by atoms with E-state index < -0.39 is 22.4 Å². The topological polar surface area (TPSA) is 47.3 Å². The Morgan fingerprint density at radius 3 is 2.56 bits per heavy atom. The molecular weight excluding hydrogens is 262 g/mol. The smallest absolute Gasteiger partial charge is 0.185 e. The van der Waals surface area contributed by atoms with Gasteiger partial charge in [-0.15, -0.1) is 0 Å². The largest absolute Gasteiger partial charge is 0.457 e. The van der Waals surface area contributed by atoms with Crippen LogP contribution in [0.3, 0.4) is 0 Å². The molecule has 1 aromatic heterocycles. The number of rotatable bonds is 4. The fraction of sp³-hybridized carbons (Fsp3) is 0.0833. The molecule has 0 spiro atoms. The highest BCUT2D eigenvalue weighted by molar-refractivity contribution is 7.84. The average Bonchev–Trinajstić information content (AvgIpc) is 2.80. The van der Waals surface area contributed by atoms with Gasteiger partial charge in [-0.05, 0) is 30.3 Å². The molecule has 0 aliphatic rings. The summed E-state index contributed by atoms with van der Waals surface area (Å²) >= 11 is 0. The van der Waals surface area contributed by atoms with Crippen LogP contribution in [0.4, 0.5) is 8.78 Å². The molecule has 0 amide bonds. The first-order valence-electron chi connectivity index (χ1n) is 4.97. The Balaban J connectivity index is 2.16. The van der Waals surface area contributed by atoms with Gasteiger partial charge in [0.15, 0.2) is 23.7 Å². The molecular formula is C12H8F2O3S. The van der Waals surface area contributed by atoms with Crippen LogP contribution in [0.5, 0.6) is 0 Å². The average molecular weight is 270 g/mol. The van der Waals surface area contributed by atoms with Gasteiger partial charge in [0, 0.05) is 4.90 Å². The van der Waals surface area contributed by atoms with Crippen molar-refractivity contribution in [1.82, 2.24) is 0 Å². The van der Waals surface area contributed by atoms with E-state index in [1.165, 1.54) is 18.2 Å². The Bertz CT molecular complexity index is 607. The molecule has 2 aromatic rings. The van der Waals surface area contributed by atoms with Gasteiger partial charge in [0.2, 0.25) is 0 Å². The van der Waals surface area contributed by atoms with Crippen molar-refractivity contribution in [2.24, 2.45) is 0 Å². The Labute approximate surface area is 104 Å². The molecule has 0 aliphatic heterocycles. The first kappa shape index (κ1) is 12.6. The lowest BCUT2D eigenvalue weighted by atomic mass is 10.3. The normalized spacial score (nSPS) is 12.3. The maximum Gasteiger partial charge on any atom is 0.185 e. The SMILES string of the molecule is O=Cc1ccc(CS(=O)c2ccc(F)c(F)c2)o1. The summed E-state index contributed by atoms with van der Waals surface area (Å²) in [6.07, 6.45) is 0.532. The summed E-state index contributed by atoms with van der Waals surface area (Å²) in [5.74, 6) is -1.56. The van der Waals surface area contributed by atoms with Gasteiger partial charge in [0.25, 0.3) is 0 Å². The third-order valence-corrected chi connectivity index (χ3v) is 3.55. The van der Waals surface area contributed by atoms with E-state index in [9.17, 15) is 17.8 Å². The van der Waals surface area contributed by atoms with Crippen molar-refractivity contribution in [3.05, 3.63) is 53.5 Å². The molecule has 18 heavy (non-hydrogen) atoms. The van der Waals surface area contributed by atoms with Crippen molar-refractivity contribution in [2.75, 3.05) is 0 Å². The fourth-order valence-electron chi connectivity index (χ4n) is 1.37. The minimum Gasteiger partial charge on any atom is -0.457 e. The van der Waals surface area contributed by atoms with Gasteiger partial charge in [0.05, 0.1) is 16.6 Å². The molecule has 1 unspecified atom stereocenters. The van der Waals surface area contributed by atoms with E-state index in [1.807, 2.05) is 0 Å². The molecule has 0 saturated carbocycles. The van der Waals surface area contributed by atoms with Gasteiger partial charge in [-0.1, -0.05) is 0 Å². The molecule has 94 valence electrons. The van der Waals surface area contributed by atoms with Crippen molar-refractivity contribution < 1.29 is 22.2 Å². The second-order valence-corrected chi connectivity index (χ2v) is 4.94. The number of aldehydes is 1. The minimum atomic E-state index is -1.56. The zero-order valence-corrected chi connectivity index (χ0v) is 9.88. The molecule has 0 fully saturated rings. The first-order valence-corrected chi connectivity index (χ1v) is 6.29. The molecule has 0 saturated heterocycles. The van der Waals surface area contributed by atoms with Crippen LogP contribution in [-0.2, 0) is 16.6 Å². The molecule has 3 nitrogen and oxygen atoms in total. The maximum absolute atomic E-state index is 13.0. The highest BCUT2D eigenvalue weighted by atomic mass is 32.2. The van der Waals surface area contributed by atoms with Gasteiger partial charge < -0.3 is 4.42 Å². The van der Waals surface area contributed by atoms with Crippen LogP contribution >= 0.6 is 0 Å². The van der Waals surface area contributed by atoms with Crippen molar-refractivity contribution in [3.63, 3.8) is 0 Å². The number of furan rings is 1. The van der Waals surface area contributed by atoms with Gasteiger partial charge in [0.1, 0.15) is 5.76 Å². The summed E-state index contributed by atoms with van der Waals surface area (Å²) in [6, 6.07) is 6.01. The monoisotopic (exact) mass is 270 g/mol. The second-order valence-electron chi connectivity index (χ2n) is 3.49. The quantitative estimate of drug-likeness (QED) is 0.802. The maximum atomic E-state index is 13.0. The van der Waals surface area contributed by atoms with E-state index in [2.05, 4.69) is 0 Å². The molecule has 1 aromatic carbocycles. The minimum absolute atomic E-state index is 0.00108. The zero-order chi connectivity index (χ0) is 13.1. The zero-order valence-electron chi connectivity index (χ0n) is 9.06. The van der Waals surface area contributed by atoms with Crippen molar-refractivity contribution >= 4 is 17.1 Å². The summed E-state index contributed by atoms with van der Waals surface area (Å²) in [6.45, 7) is 0. The number of benzene rings is 1. The lowest BCUT2D eigenvalue weighted by Gasteiger charge is -2.01. The summed E-state index contributed by atoms with van der Waals surface area (Å²) in [4.78, 5) is 10.6. The molecule has 0 bridgehead atoms. The summed E-state index contributed by atoms with van der Waals surface area (Å²) in [5.41, 5.74) is 0. The van der Waals surface area contributed by atoms with Gasteiger partial charge >= 0.3 is 0 Å². The van der Waals surface area contributed by atoms with Crippen LogP contribution in [0.1, 0.15) is 16.3 Å². The van der Waals surface area contributed by atoms with E-state index in [4.69, 9.17) is 4.42 Å². The number of carbonyl (C=O) groups excluding carboxylic acids is 1. The van der Waals surface area contributed by atoms with Crippen LogP contribution in [0, 0.1) is 11.6 Å². The number of hydrogen-bond donors (Lipinski definition) is 0. The second kappa shape index (κ2) is 5.22. The summed E-state index contributed by atoms with van der Waals surface area (Å²) in [7, 11) is -1.56. The third kappa shape index (κ3) is 2.70. The van der Waals surface area contributed by atoms with Gasteiger partial charge in [-0.25, -0.2) is 8.78 Å². The summed E-state index contributed by atoms with van der Waals surface area (Å²) < 4.78 is 42.6. The predicted octanol–water partition coefficient (Wildman–Crippen LogP) is 2.68. The van der Waals surface area contributed by atoms with Crippen LogP contribution < -0.4 is 0 Å². The van der Waals surface area contributed by atoms with Crippen LogP contribution in [-0.4, -0.2) is 10.5 Å². The van der Waals surface area contributed by atoms with Crippen LogP contribution in [0.15, 0.2) is 39.6 Å².